The zero-order valence-electron chi connectivity index (χ0n) is 12.4. The Morgan fingerprint density at radius 2 is 2.11 bits per heavy atom. The molecule has 1 atom stereocenters. The first kappa shape index (κ1) is 14.8. The van der Waals surface area contributed by atoms with Crippen molar-refractivity contribution in [2.75, 3.05) is 18.5 Å². The first-order valence-corrected chi connectivity index (χ1v) is 8.28. The minimum Gasteiger partial charge on any atom is -0.391 e. The van der Waals surface area contributed by atoms with Crippen molar-refractivity contribution in [3.63, 3.8) is 0 Å². The highest BCUT2D eigenvalue weighted by Crippen LogP contribution is 2.33. The standard InChI is InChI=1S/C15H26N2OS/c1-4-11(2)14-13(10-18)19-15(16-14)17(3)9-12-7-5-6-8-12/h11-12,18H,4-10H2,1-3H3. The van der Waals surface area contributed by atoms with Crippen LogP contribution in [-0.4, -0.2) is 23.7 Å². The molecule has 1 aliphatic carbocycles. The van der Waals surface area contributed by atoms with Gasteiger partial charge in [0.25, 0.3) is 0 Å². The van der Waals surface area contributed by atoms with Gasteiger partial charge in [-0.3, -0.25) is 0 Å². The Morgan fingerprint density at radius 3 is 2.68 bits per heavy atom. The molecule has 0 spiro atoms. The summed E-state index contributed by atoms with van der Waals surface area (Å²) in [5, 5.41) is 10.6. The maximum absolute atomic E-state index is 9.49. The van der Waals surface area contributed by atoms with Crippen LogP contribution in [0.15, 0.2) is 0 Å². The van der Waals surface area contributed by atoms with Crippen LogP contribution >= 0.6 is 11.3 Å². The molecule has 0 radical (unpaired) electrons. The molecule has 1 aliphatic rings. The number of aliphatic hydroxyl groups is 1. The number of nitrogens with zero attached hydrogens (tertiary/aromatic N) is 2. The van der Waals surface area contributed by atoms with E-state index in [0.717, 1.165) is 34.6 Å². The molecule has 2 rings (SSSR count). The van der Waals surface area contributed by atoms with Crippen LogP contribution in [0.1, 0.15) is 62.4 Å². The van der Waals surface area contributed by atoms with Gasteiger partial charge in [0.2, 0.25) is 0 Å². The number of aromatic nitrogens is 1. The van der Waals surface area contributed by atoms with Gasteiger partial charge in [-0.1, -0.05) is 38.0 Å². The third-order valence-corrected chi connectivity index (χ3v) is 5.44. The summed E-state index contributed by atoms with van der Waals surface area (Å²) in [5.74, 6) is 1.27. The predicted octanol–water partition coefficient (Wildman–Crippen LogP) is 3.78. The quantitative estimate of drug-likeness (QED) is 0.862. The molecule has 1 saturated carbocycles. The highest BCUT2D eigenvalue weighted by molar-refractivity contribution is 7.15. The zero-order chi connectivity index (χ0) is 13.8. The average molecular weight is 282 g/mol. The third kappa shape index (κ3) is 3.48. The lowest BCUT2D eigenvalue weighted by atomic mass is 10.0. The lowest BCUT2D eigenvalue weighted by Crippen LogP contribution is -2.23. The Labute approximate surface area is 120 Å². The van der Waals surface area contributed by atoms with Crippen molar-refractivity contribution >= 4 is 16.5 Å². The Morgan fingerprint density at radius 1 is 1.42 bits per heavy atom. The maximum Gasteiger partial charge on any atom is 0.185 e. The van der Waals surface area contributed by atoms with Gasteiger partial charge in [0.15, 0.2) is 5.13 Å². The summed E-state index contributed by atoms with van der Waals surface area (Å²) in [6.07, 6.45) is 6.57. The minimum absolute atomic E-state index is 0.120. The summed E-state index contributed by atoms with van der Waals surface area (Å²) < 4.78 is 0. The molecule has 1 heterocycles. The van der Waals surface area contributed by atoms with Gasteiger partial charge >= 0.3 is 0 Å². The van der Waals surface area contributed by atoms with Gasteiger partial charge < -0.3 is 10.0 Å². The first-order valence-electron chi connectivity index (χ1n) is 7.47. The van der Waals surface area contributed by atoms with Crippen molar-refractivity contribution in [3.8, 4) is 0 Å². The van der Waals surface area contributed by atoms with E-state index in [1.54, 1.807) is 11.3 Å². The summed E-state index contributed by atoms with van der Waals surface area (Å²) >= 11 is 1.66. The van der Waals surface area contributed by atoms with Gasteiger partial charge in [0.1, 0.15) is 0 Å². The molecular weight excluding hydrogens is 256 g/mol. The fourth-order valence-corrected chi connectivity index (χ4v) is 3.87. The third-order valence-electron chi connectivity index (χ3n) is 4.27. The predicted molar refractivity (Wildman–Crippen MR) is 82.0 cm³/mol. The van der Waals surface area contributed by atoms with Crippen molar-refractivity contribution in [2.24, 2.45) is 5.92 Å². The van der Waals surface area contributed by atoms with E-state index in [2.05, 4.69) is 25.8 Å². The van der Waals surface area contributed by atoms with Crippen molar-refractivity contribution in [1.82, 2.24) is 4.98 Å². The monoisotopic (exact) mass is 282 g/mol. The van der Waals surface area contributed by atoms with Gasteiger partial charge in [0.05, 0.1) is 17.2 Å². The van der Waals surface area contributed by atoms with Crippen LogP contribution < -0.4 is 4.90 Å². The summed E-state index contributed by atoms with van der Waals surface area (Å²) in [6.45, 7) is 5.59. The van der Waals surface area contributed by atoms with Crippen LogP contribution in [0.25, 0.3) is 0 Å². The lowest BCUT2D eigenvalue weighted by molar-refractivity contribution is 0.283. The molecule has 3 nitrogen and oxygen atoms in total. The number of thiazole rings is 1. The molecule has 19 heavy (non-hydrogen) atoms. The van der Waals surface area contributed by atoms with Crippen LogP contribution in [-0.2, 0) is 6.61 Å². The topological polar surface area (TPSA) is 36.4 Å². The molecule has 0 aromatic carbocycles. The van der Waals surface area contributed by atoms with E-state index in [1.165, 1.54) is 25.7 Å². The van der Waals surface area contributed by atoms with Crippen LogP contribution in [0, 0.1) is 5.92 Å². The summed E-state index contributed by atoms with van der Waals surface area (Å²) in [5.41, 5.74) is 1.10. The maximum atomic E-state index is 9.49. The molecule has 1 fully saturated rings. The second-order valence-corrected chi connectivity index (χ2v) is 6.87. The molecule has 108 valence electrons. The van der Waals surface area contributed by atoms with Crippen LogP contribution in [0.4, 0.5) is 5.13 Å². The lowest BCUT2D eigenvalue weighted by Gasteiger charge is -2.20. The SMILES string of the molecule is CCC(C)c1nc(N(C)CC2CCCC2)sc1CO. The summed E-state index contributed by atoms with van der Waals surface area (Å²) in [7, 11) is 2.14. The van der Waals surface area contributed by atoms with Crippen LogP contribution in [0.5, 0.6) is 0 Å². The Kier molecular flexibility index (Phi) is 5.22. The smallest absolute Gasteiger partial charge is 0.185 e. The van der Waals surface area contributed by atoms with Crippen molar-refractivity contribution in [3.05, 3.63) is 10.6 Å². The number of anilines is 1. The molecule has 1 aromatic rings. The molecule has 1 unspecified atom stereocenters. The van der Waals surface area contributed by atoms with E-state index in [0.29, 0.717) is 5.92 Å². The van der Waals surface area contributed by atoms with Crippen LogP contribution in [0.3, 0.4) is 0 Å². The summed E-state index contributed by atoms with van der Waals surface area (Å²) in [4.78, 5) is 8.11. The molecular formula is C15H26N2OS. The van der Waals surface area contributed by atoms with Gasteiger partial charge in [-0.25, -0.2) is 4.98 Å². The number of rotatable bonds is 6. The molecule has 0 aliphatic heterocycles. The van der Waals surface area contributed by atoms with Crippen LogP contribution in [0.2, 0.25) is 0 Å². The van der Waals surface area contributed by atoms with Crippen molar-refractivity contribution in [2.45, 2.75) is 58.5 Å². The van der Waals surface area contributed by atoms with E-state index >= 15 is 0 Å². The normalized spacial score (nSPS) is 17.9. The first-order chi connectivity index (χ1) is 9.15. The Balaban J connectivity index is 2.08. The zero-order valence-corrected chi connectivity index (χ0v) is 13.2. The van der Waals surface area contributed by atoms with E-state index < -0.39 is 0 Å². The molecule has 4 heteroatoms. The Hall–Kier alpha value is -0.610. The largest absolute Gasteiger partial charge is 0.391 e. The molecule has 0 bridgehead atoms. The molecule has 1 aromatic heterocycles. The minimum atomic E-state index is 0.120. The van der Waals surface area contributed by atoms with Gasteiger partial charge in [-0.05, 0) is 31.1 Å². The van der Waals surface area contributed by atoms with E-state index in [4.69, 9.17) is 4.98 Å². The summed E-state index contributed by atoms with van der Waals surface area (Å²) in [6, 6.07) is 0. The molecule has 1 N–H and O–H groups in total. The van der Waals surface area contributed by atoms with Gasteiger partial charge in [-0.2, -0.15) is 0 Å². The second-order valence-electron chi connectivity index (χ2n) is 5.80. The second kappa shape index (κ2) is 6.71. The molecule has 0 saturated heterocycles. The van der Waals surface area contributed by atoms with Gasteiger partial charge in [-0.15, -0.1) is 0 Å². The number of aliphatic hydroxyl groups excluding tert-OH is 1. The van der Waals surface area contributed by atoms with E-state index in [9.17, 15) is 5.11 Å². The Bertz CT molecular complexity index is 399. The van der Waals surface area contributed by atoms with E-state index in [1.807, 2.05) is 0 Å². The van der Waals surface area contributed by atoms with Crippen molar-refractivity contribution in [1.29, 1.82) is 0 Å². The van der Waals surface area contributed by atoms with E-state index in [-0.39, 0.29) is 6.61 Å². The number of hydrogen-bond donors (Lipinski definition) is 1. The fourth-order valence-electron chi connectivity index (χ4n) is 2.86. The van der Waals surface area contributed by atoms with Crippen molar-refractivity contribution < 1.29 is 5.11 Å². The average Bonchev–Trinajstić information content (AvgIpc) is 3.06. The van der Waals surface area contributed by atoms with Gasteiger partial charge in [0, 0.05) is 13.6 Å². The highest BCUT2D eigenvalue weighted by atomic mass is 32.1. The molecule has 0 amide bonds. The fraction of sp³-hybridized carbons (Fsp3) is 0.800. The number of hydrogen-bond acceptors (Lipinski definition) is 4. The highest BCUT2D eigenvalue weighted by Gasteiger charge is 2.21.